The topological polar surface area (TPSA) is 18.8 Å². The van der Waals surface area contributed by atoms with Crippen molar-refractivity contribution in [1.82, 2.24) is 4.90 Å². The molecule has 1 aromatic rings. The lowest BCUT2D eigenvalue weighted by Gasteiger charge is -2.43. The van der Waals surface area contributed by atoms with Gasteiger partial charge in [0.05, 0.1) is 0 Å². The van der Waals surface area contributed by atoms with Gasteiger partial charge in [-0.05, 0) is 26.8 Å². The van der Waals surface area contributed by atoms with Crippen molar-refractivity contribution in [3.05, 3.63) is 29.8 Å². The second-order valence-electron chi connectivity index (χ2n) is 6.09. The summed E-state index contributed by atoms with van der Waals surface area (Å²) in [7, 11) is 1.83. The van der Waals surface area contributed by atoms with Crippen LogP contribution in [0.1, 0.15) is 26.3 Å². The highest BCUT2D eigenvalue weighted by molar-refractivity contribution is 5.88. The Morgan fingerprint density at radius 2 is 1.68 bits per heavy atom. The molecule has 1 heterocycles. The third-order valence-electron chi connectivity index (χ3n) is 3.77. The summed E-state index contributed by atoms with van der Waals surface area (Å²) in [6, 6.07) is 8.52. The molecule has 0 spiro atoms. The molecule has 0 bridgehead atoms. The van der Waals surface area contributed by atoms with Crippen molar-refractivity contribution >= 4 is 11.9 Å². The minimum absolute atomic E-state index is 0.274. The summed E-state index contributed by atoms with van der Waals surface area (Å²) in [5.74, 6) is 0. The number of piperazine rings is 1. The van der Waals surface area contributed by atoms with Crippen LogP contribution in [-0.2, 0) is 0 Å². The summed E-state index contributed by atoms with van der Waals surface area (Å²) in [6.45, 7) is 11.3. The van der Waals surface area contributed by atoms with E-state index in [1.165, 1.54) is 11.3 Å². The lowest BCUT2D eigenvalue weighted by Crippen LogP contribution is -2.53. The molecule has 3 nitrogen and oxygen atoms in total. The molecule has 0 saturated carbocycles. The summed E-state index contributed by atoms with van der Waals surface area (Å²) in [5.41, 5.74) is 2.80. The van der Waals surface area contributed by atoms with E-state index >= 15 is 0 Å². The molecule has 2 rings (SSSR count). The lowest BCUT2D eigenvalue weighted by atomic mass is 10.0. The number of para-hydroxylation sites is 1. The smallest absolute Gasteiger partial charge is 0.0456 e. The van der Waals surface area contributed by atoms with Crippen LogP contribution >= 0.6 is 0 Å². The van der Waals surface area contributed by atoms with E-state index in [0.29, 0.717) is 0 Å². The van der Waals surface area contributed by atoms with Gasteiger partial charge < -0.3 is 4.90 Å². The molecule has 0 amide bonds. The third-order valence-corrected chi connectivity index (χ3v) is 3.77. The largest absolute Gasteiger partial charge is 0.368 e. The van der Waals surface area contributed by atoms with Crippen LogP contribution < -0.4 is 4.90 Å². The van der Waals surface area contributed by atoms with E-state index in [1.807, 2.05) is 13.3 Å². The van der Waals surface area contributed by atoms with Crippen molar-refractivity contribution in [2.24, 2.45) is 4.99 Å². The first-order valence-corrected chi connectivity index (χ1v) is 7.03. The molecule has 19 heavy (non-hydrogen) atoms. The number of anilines is 1. The first-order valence-electron chi connectivity index (χ1n) is 7.03. The predicted octanol–water partition coefficient (Wildman–Crippen LogP) is 2.66. The Bertz CT molecular complexity index is 438. The van der Waals surface area contributed by atoms with Gasteiger partial charge in [0.25, 0.3) is 0 Å². The molecule has 0 aliphatic carbocycles. The van der Waals surface area contributed by atoms with E-state index in [2.05, 4.69) is 59.8 Å². The van der Waals surface area contributed by atoms with Crippen molar-refractivity contribution in [3.8, 4) is 0 Å². The lowest BCUT2D eigenvalue weighted by molar-refractivity contribution is 0.128. The monoisotopic (exact) mass is 259 g/mol. The van der Waals surface area contributed by atoms with Crippen LogP contribution in [0.2, 0.25) is 0 Å². The molecular weight excluding hydrogens is 234 g/mol. The van der Waals surface area contributed by atoms with E-state index < -0.39 is 0 Å². The maximum atomic E-state index is 4.15. The number of hydrogen-bond acceptors (Lipinski definition) is 3. The van der Waals surface area contributed by atoms with Crippen molar-refractivity contribution in [1.29, 1.82) is 0 Å². The molecule has 1 fully saturated rings. The normalized spacial score (nSPS) is 18.2. The van der Waals surface area contributed by atoms with E-state index in [0.717, 1.165) is 26.2 Å². The zero-order chi connectivity index (χ0) is 13.9. The second kappa shape index (κ2) is 5.74. The maximum Gasteiger partial charge on any atom is 0.0456 e. The highest BCUT2D eigenvalue weighted by Gasteiger charge is 2.26. The van der Waals surface area contributed by atoms with Gasteiger partial charge in [-0.1, -0.05) is 18.2 Å². The Balaban J connectivity index is 2.10. The fourth-order valence-electron chi connectivity index (χ4n) is 2.64. The molecular formula is C16H25N3. The van der Waals surface area contributed by atoms with Crippen molar-refractivity contribution < 1.29 is 0 Å². The number of aliphatic imine (C=N–C) groups is 1. The van der Waals surface area contributed by atoms with Gasteiger partial charge in [-0.3, -0.25) is 9.89 Å². The van der Waals surface area contributed by atoms with Crippen LogP contribution in [0.3, 0.4) is 0 Å². The molecule has 1 saturated heterocycles. The second-order valence-corrected chi connectivity index (χ2v) is 6.09. The molecule has 0 radical (unpaired) electrons. The Kier molecular flexibility index (Phi) is 4.25. The molecule has 104 valence electrons. The Morgan fingerprint density at radius 1 is 1.05 bits per heavy atom. The molecule has 1 aromatic carbocycles. The zero-order valence-electron chi connectivity index (χ0n) is 12.6. The first kappa shape index (κ1) is 14.1. The van der Waals surface area contributed by atoms with Crippen molar-refractivity contribution in [3.63, 3.8) is 0 Å². The summed E-state index contributed by atoms with van der Waals surface area (Å²) in [4.78, 5) is 9.18. The number of rotatable bonds is 2. The molecule has 0 unspecified atom stereocenters. The van der Waals surface area contributed by atoms with Gasteiger partial charge in [-0.25, -0.2) is 0 Å². The maximum absolute atomic E-state index is 4.15. The van der Waals surface area contributed by atoms with Crippen molar-refractivity contribution in [2.75, 3.05) is 38.1 Å². The first-order chi connectivity index (χ1) is 9.02. The number of hydrogen-bond donors (Lipinski definition) is 0. The Hall–Kier alpha value is -1.35. The Labute approximate surface area is 116 Å². The van der Waals surface area contributed by atoms with E-state index in [4.69, 9.17) is 0 Å². The summed E-state index contributed by atoms with van der Waals surface area (Å²) < 4.78 is 0. The van der Waals surface area contributed by atoms with E-state index in [-0.39, 0.29) is 5.54 Å². The van der Waals surface area contributed by atoms with Gasteiger partial charge in [-0.2, -0.15) is 0 Å². The van der Waals surface area contributed by atoms with Crippen LogP contribution in [0, 0.1) is 0 Å². The average molecular weight is 259 g/mol. The van der Waals surface area contributed by atoms with E-state index in [9.17, 15) is 0 Å². The fraction of sp³-hybridized carbons (Fsp3) is 0.562. The molecule has 1 aliphatic rings. The highest BCUT2D eigenvalue weighted by Crippen LogP contribution is 2.23. The minimum Gasteiger partial charge on any atom is -0.368 e. The summed E-state index contributed by atoms with van der Waals surface area (Å²) in [6.07, 6.45) is 1.95. The Morgan fingerprint density at radius 3 is 2.26 bits per heavy atom. The standard InChI is InChI=1S/C16H25N3/c1-16(2,3)19-11-9-18(10-12-19)15-8-6-5-7-14(15)13-17-4/h5-8,13H,9-12H2,1-4H3. The van der Waals surface area contributed by atoms with Gasteiger partial charge in [-0.15, -0.1) is 0 Å². The highest BCUT2D eigenvalue weighted by atomic mass is 15.3. The van der Waals surface area contributed by atoms with Crippen LogP contribution in [0.4, 0.5) is 5.69 Å². The molecule has 0 N–H and O–H groups in total. The zero-order valence-corrected chi connectivity index (χ0v) is 12.6. The average Bonchev–Trinajstić information content (AvgIpc) is 2.39. The molecule has 0 aromatic heterocycles. The number of benzene rings is 1. The van der Waals surface area contributed by atoms with Crippen LogP contribution in [0.15, 0.2) is 29.3 Å². The molecule has 0 atom stereocenters. The van der Waals surface area contributed by atoms with Crippen LogP contribution in [-0.4, -0.2) is 49.9 Å². The third kappa shape index (κ3) is 3.35. The van der Waals surface area contributed by atoms with Gasteiger partial charge in [0, 0.05) is 56.2 Å². The predicted molar refractivity (Wildman–Crippen MR) is 83.5 cm³/mol. The fourth-order valence-corrected chi connectivity index (χ4v) is 2.64. The molecule has 1 aliphatic heterocycles. The van der Waals surface area contributed by atoms with Crippen LogP contribution in [0.25, 0.3) is 0 Å². The number of nitrogens with zero attached hydrogens (tertiary/aromatic N) is 3. The van der Waals surface area contributed by atoms with Gasteiger partial charge in [0.2, 0.25) is 0 Å². The van der Waals surface area contributed by atoms with Gasteiger partial charge in [0.15, 0.2) is 0 Å². The summed E-state index contributed by atoms with van der Waals surface area (Å²) >= 11 is 0. The minimum atomic E-state index is 0.274. The van der Waals surface area contributed by atoms with Crippen LogP contribution in [0.5, 0.6) is 0 Å². The quantitative estimate of drug-likeness (QED) is 0.760. The van der Waals surface area contributed by atoms with Gasteiger partial charge in [0.1, 0.15) is 0 Å². The summed E-state index contributed by atoms with van der Waals surface area (Å²) in [5, 5.41) is 0. The molecule has 3 heteroatoms. The SMILES string of the molecule is CN=Cc1ccccc1N1CCN(C(C)(C)C)CC1. The van der Waals surface area contributed by atoms with Crippen molar-refractivity contribution in [2.45, 2.75) is 26.3 Å². The van der Waals surface area contributed by atoms with E-state index in [1.54, 1.807) is 0 Å². The van der Waals surface area contributed by atoms with Gasteiger partial charge >= 0.3 is 0 Å².